The van der Waals surface area contributed by atoms with Gasteiger partial charge in [-0.15, -0.1) is 0 Å². The molecule has 0 aliphatic heterocycles. The van der Waals surface area contributed by atoms with Crippen LogP contribution in [0.1, 0.15) is 61.6 Å². The average molecular weight is 649 g/mol. The van der Waals surface area contributed by atoms with Crippen LogP contribution in [0.5, 0.6) is 34.5 Å². The van der Waals surface area contributed by atoms with Crippen LogP contribution in [0.4, 0.5) is 0 Å². The van der Waals surface area contributed by atoms with Gasteiger partial charge in [0.2, 0.25) is 0 Å². The number of rotatable bonds is 10. The molecule has 6 rings (SSSR count). The molecule has 0 amide bonds. The first kappa shape index (κ1) is 34.1. The summed E-state index contributed by atoms with van der Waals surface area (Å²) in [6.07, 6.45) is 0. The summed E-state index contributed by atoms with van der Waals surface area (Å²) >= 11 is 0. The molecule has 0 aliphatic rings. The maximum Gasteiger partial charge on any atom is 0.193 e. The molecule has 244 valence electrons. The molecule has 0 atom stereocenters. The second-order valence-corrected chi connectivity index (χ2v) is 11.5. The van der Waals surface area contributed by atoms with Crippen LogP contribution in [-0.4, -0.2) is 17.3 Å². The number of hydrogen-bond acceptors (Lipinski definition) is 6. The van der Waals surface area contributed by atoms with E-state index in [1.54, 1.807) is 79.7 Å². The molecule has 6 heteroatoms. The fourth-order valence-electron chi connectivity index (χ4n) is 4.65. The normalized spacial score (nSPS) is 10.3. The summed E-state index contributed by atoms with van der Waals surface area (Å²) in [4.78, 5) is 35.1. The van der Waals surface area contributed by atoms with Crippen molar-refractivity contribution in [1.29, 1.82) is 0 Å². The van der Waals surface area contributed by atoms with Crippen LogP contribution in [0.2, 0.25) is 0 Å². The Morgan fingerprint density at radius 3 is 0.816 bits per heavy atom. The van der Waals surface area contributed by atoms with Gasteiger partial charge in [-0.2, -0.15) is 0 Å². The molecule has 0 heterocycles. The fraction of sp³-hybridized carbons (Fsp3) is 0.0930. The Morgan fingerprint density at radius 2 is 0.531 bits per heavy atom. The molecule has 0 radical (unpaired) electrons. The predicted molar refractivity (Wildman–Crippen MR) is 192 cm³/mol. The van der Waals surface area contributed by atoms with Crippen molar-refractivity contribution in [3.63, 3.8) is 0 Å². The van der Waals surface area contributed by atoms with Crippen molar-refractivity contribution in [2.45, 2.75) is 27.7 Å². The molecular weight excluding hydrogens is 612 g/mol. The summed E-state index contributed by atoms with van der Waals surface area (Å²) in [5.74, 6) is 4.31. The largest absolute Gasteiger partial charge is 0.457 e. The Balaban J connectivity index is 0.000000191. The van der Waals surface area contributed by atoms with Crippen LogP contribution < -0.4 is 14.2 Å². The number of carbonyl (C=O) groups excluding carboxylic acids is 3. The van der Waals surface area contributed by atoms with Crippen LogP contribution in [0.15, 0.2) is 146 Å². The number of aryl methyl sites for hydroxylation is 2. The smallest absolute Gasteiger partial charge is 0.193 e. The maximum absolute atomic E-state index is 12.5. The van der Waals surface area contributed by atoms with Crippen molar-refractivity contribution in [3.05, 3.63) is 179 Å². The standard InChI is InChI=1S/C22H18O3.C21H18O3/c1-15-3-11-20(12-4-15)25-21-13-9-19(10-14-21)22(24)18-7-5-17(6-8-18)16(2)23;1-15-3-7-18(8-4-15)23-20-11-13-21(14-12-20)24-19-9-5-17(6-10-19)16(2)22/h3-14H,1-2H3;3-14H,1-2H3. The Morgan fingerprint density at radius 1 is 0.327 bits per heavy atom. The van der Waals surface area contributed by atoms with Crippen molar-refractivity contribution >= 4 is 17.3 Å². The van der Waals surface area contributed by atoms with Crippen LogP contribution in [0.25, 0.3) is 0 Å². The van der Waals surface area contributed by atoms with Gasteiger partial charge in [0.25, 0.3) is 0 Å². The number of benzene rings is 6. The zero-order chi connectivity index (χ0) is 34.8. The molecule has 0 spiro atoms. The van der Waals surface area contributed by atoms with Gasteiger partial charge in [0.1, 0.15) is 34.5 Å². The molecule has 0 aromatic heterocycles. The topological polar surface area (TPSA) is 78.9 Å². The first-order chi connectivity index (χ1) is 23.6. The molecule has 0 unspecified atom stereocenters. The van der Waals surface area contributed by atoms with Crippen molar-refractivity contribution in [1.82, 2.24) is 0 Å². The SMILES string of the molecule is CC(=O)c1ccc(C(=O)c2ccc(Oc3ccc(C)cc3)cc2)cc1.CC(=O)c1ccc(Oc2ccc(Oc3ccc(C)cc3)cc2)cc1. The minimum atomic E-state index is -0.0861. The van der Waals surface area contributed by atoms with Crippen LogP contribution >= 0.6 is 0 Å². The first-order valence-corrected chi connectivity index (χ1v) is 15.8. The van der Waals surface area contributed by atoms with Crippen LogP contribution in [-0.2, 0) is 0 Å². The van der Waals surface area contributed by atoms with E-state index in [0.717, 1.165) is 17.2 Å². The summed E-state index contributed by atoms with van der Waals surface area (Å²) in [5, 5.41) is 0. The van der Waals surface area contributed by atoms with E-state index < -0.39 is 0 Å². The lowest BCUT2D eigenvalue weighted by molar-refractivity contribution is 0.100. The maximum atomic E-state index is 12.5. The predicted octanol–water partition coefficient (Wildman–Crippen LogP) is 11.0. The van der Waals surface area contributed by atoms with E-state index in [1.165, 1.54) is 18.1 Å². The number of hydrogen-bond donors (Lipinski definition) is 0. The zero-order valence-electron chi connectivity index (χ0n) is 27.8. The van der Waals surface area contributed by atoms with Gasteiger partial charge < -0.3 is 14.2 Å². The van der Waals surface area contributed by atoms with E-state index in [4.69, 9.17) is 14.2 Å². The molecule has 6 aromatic rings. The molecule has 6 aromatic carbocycles. The Kier molecular flexibility index (Phi) is 11.1. The highest BCUT2D eigenvalue weighted by atomic mass is 16.5. The van der Waals surface area contributed by atoms with E-state index in [1.807, 2.05) is 86.6 Å². The Labute approximate surface area is 286 Å². The molecule has 0 N–H and O–H groups in total. The van der Waals surface area contributed by atoms with Gasteiger partial charge >= 0.3 is 0 Å². The highest BCUT2D eigenvalue weighted by molar-refractivity contribution is 6.09. The second-order valence-electron chi connectivity index (χ2n) is 11.5. The molecule has 0 saturated carbocycles. The number of Topliss-reactive ketones (excluding diaryl/α,β-unsaturated/α-hetero) is 2. The molecule has 0 saturated heterocycles. The summed E-state index contributed by atoms with van der Waals surface area (Å²) in [6, 6.07) is 43.9. The van der Waals surface area contributed by atoms with Gasteiger partial charge in [-0.1, -0.05) is 59.7 Å². The quantitative estimate of drug-likeness (QED) is 0.138. The van der Waals surface area contributed by atoms with Crippen molar-refractivity contribution in [3.8, 4) is 34.5 Å². The monoisotopic (exact) mass is 648 g/mol. The van der Waals surface area contributed by atoms with Gasteiger partial charge in [-0.05, 0) is 125 Å². The average Bonchev–Trinajstić information content (AvgIpc) is 3.12. The van der Waals surface area contributed by atoms with Gasteiger partial charge in [-0.3, -0.25) is 14.4 Å². The highest BCUT2D eigenvalue weighted by Gasteiger charge is 2.10. The van der Waals surface area contributed by atoms with Crippen molar-refractivity contribution in [2.75, 3.05) is 0 Å². The van der Waals surface area contributed by atoms with E-state index >= 15 is 0 Å². The Bertz CT molecular complexity index is 2010. The van der Waals surface area contributed by atoms with E-state index in [-0.39, 0.29) is 17.3 Å². The fourth-order valence-corrected chi connectivity index (χ4v) is 4.65. The first-order valence-electron chi connectivity index (χ1n) is 15.8. The van der Waals surface area contributed by atoms with Gasteiger partial charge in [0.15, 0.2) is 17.3 Å². The summed E-state index contributed by atoms with van der Waals surface area (Å²) in [6.45, 7) is 7.11. The third kappa shape index (κ3) is 9.86. The van der Waals surface area contributed by atoms with Gasteiger partial charge in [0.05, 0.1) is 0 Å². The van der Waals surface area contributed by atoms with E-state index in [0.29, 0.717) is 39.5 Å². The minimum Gasteiger partial charge on any atom is -0.457 e. The third-order valence-corrected chi connectivity index (χ3v) is 7.50. The molecule has 0 aliphatic carbocycles. The zero-order valence-corrected chi connectivity index (χ0v) is 27.8. The van der Waals surface area contributed by atoms with E-state index in [2.05, 4.69) is 0 Å². The van der Waals surface area contributed by atoms with Crippen molar-refractivity contribution in [2.24, 2.45) is 0 Å². The second kappa shape index (κ2) is 16.0. The molecule has 0 bridgehead atoms. The number of ether oxygens (including phenoxy) is 3. The van der Waals surface area contributed by atoms with Crippen LogP contribution in [0.3, 0.4) is 0 Å². The number of carbonyl (C=O) groups is 3. The lowest BCUT2D eigenvalue weighted by Crippen LogP contribution is -2.02. The Hall–Kier alpha value is -6.27. The summed E-state index contributed by atoms with van der Waals surface area (Å²) in [5.41, 5.74) is 4.76. The third-order valence-electron chi connectivity index (χ3n) is 7.50. The van der Waals surface area contributed by atoms with E-state index in [9.17, 15) is 14.4 Å². The summed E-state index contributed by atoms with van der Waals surface area (Å²) in [7, 11) is 0. The summed E-state index contributed by atoms with van der Waals surface area (Å²) < 4.78 is 17.3. The lowest BCUT2D eigenvalue weighted by atomic mass is 10.0. The molecular formula is C43H36O6. The molecule has 0 fully saturated rings. The number of ketones is 3. The van der Waals surface area contributed by atoms with Gasteiger partial charge in [0, 0.05) is 22.3 Å². The lowest BCUT2D eigenvalue weighted by Gasteiger charge is -2.09. The molecule has 6 nitrogen and oxygen atoms in total. The highest BCUT2D eigenvalue weighted by Crippen LogP contribution is 2.27. The van der Waals surface area contributed by atoms with Crippen molar-refractivity contribution < 1.29 is 28.6 Å². The van der Waals surface area contributed by atoms with Crippen LogP contribution in [0, 0.1) is 13.8 Å². The minimum absolute atomic E-state index is 0.0170. The molecule has 49 heavy (non-hydrogen) atoms. The van der Waals surface area contributed by atoms with Gasteiger partial charge in [-0.25, -0.2) is 0 Å².